The first kappa shape index (κ1) is 24.3. The predicted molar refractivity (Wildman–Crippen MR) is 122 cm³/mol. The summed E-state index contributed by atoms with van der Waals surface area (Å²) in [7, 11) is 0. The minimum atomic E-state index is -1.36. The molecule has 0 radical (unpaired) electrons. The maximum atomic E-state index is 12.8. The number of halogens is 4. The van der Waals surface area contributed by atoms with Gasteiger partial charge in [0.25, 0.3) is 17.7 Å². The van der Waals surface area contributed by atoms with Gasteiger partial charge in [-0.1, -0.05) is 64.1 Å². The number of fused-ring (bicyclic) bond motifs is 1. The van der Waals surface area contributed by atoms with E-state index in [-0.39, 0.29) is 31.2 Å². The molecule has 1 aliphatic rings. The summed E-state index contributed by atoms with van der Waals surface area (Å²) in [6, 6.07) is 4.09. The third-order valence-corrected chi connectivity index (χ3v) is 6.66. The zero-order valence-corrected chi connectivity index (χ0v) is 20.0. The van der Waals surface area contributed by atoms with Gasteiger partial charge >= 0.3 is 5.97 Å². The third kappa shape index (κ3) is 4.30. The van der Waals surface area contributed by atoms with Gasteiger partial charge in [-0.2, -0.15) is 0 Å². The van der Waals surface area contributed by atoms with E-state index in [4.69, 9.17) is 51.1 Å². The molecule has 3 amide bonds. The molecule has 168 valence electrons. The van der Waals surface area contributed by atoms with Gasteiger partial charge in [0, 0.05) is 5.69 Å². The summed E-state index contributed by atoms with van der Waals surface area (Å²) in [6.07, 6.45) is 0. The molecule has 11 heteroatoms. The van der Waals surface area contributed by atoms with Crippen LogP contribution in [-0.2, 0) is 14.3 Å². The zero-order chi connectivity index (χ0) is 23.9. The number of anilines is 1. The number of hydrogen-bond acceptors (Lipinski definition) is 5. The normalized spacial score (nSPS) is 13.8. The Balaban J connectivity index is 1.71. The first-order chi connectivity index (χ1) is 15.0. The topological polar surface area (TPSA) is 92.8 Å². The summed E-state index contributed by atoms with van der Waals surface area (Å²) >= 11 is 24.1. The molecule has 0 bridgehead atoms. The molecule has 0 saturated carbocycles. The van der Waals surface area contributed by atoms with E-state index in [9.17, 15) is 19.2 Å². The molecular formula is C21H16Cl4N2O5. The van der Waals surface area contributed by atoms with Crippen molar-refractivity contribution in [1.29, 1.82) is 0 Å². The largest absolute Gasteiger partial charge is 0.454 e. The van der Waals surface area contributed by atoms with Gasteiger partial charge in [0.05, 0.1) is 31.2 Å². The molecule has 1 aliphatic heterocycles. The maximum absolute atomic E-state index is 12.8. The van der Waals surface area contributed by atoms with Crippen molar-refractivity contribution in [1.82, 2.24) is 4.90 Å². The highest BCUT2D eigenvalue weighted by Crippen LogP contribution is 2.45. The van der Waals surface area contributed by atoms with Gasteiger partial charge in [-0.05, 0) is 32.4 Å². The Hall–Kier alpha value is -2.32. The summed E-state index contributed by atoms with van der Waals surface area (Å²) in [6.45, 7) is 4.41. The smallest absolute Gasteiger partial charge is 0.329 e. The van der Waals surface area contributed by atoms with Crippen LogP contribution in [0.5, 0.6) is 0 Å². The number of ether oxygens (including phenoxy) is 1. The van der Waals surface area contributed by atoms with Crippen LogP contribution in [0.2, 0.25) is 20.1 Å². The number of rotatable bonds is 5. The molecule has 0 saturated heterocycles. The Bertz CT molecular complexity index is 1130. The van der Waals surface area contributed by atoms with Crippen LogP contribution >= 0.6 is 46.4 Å². The Morgan fingerprint density at radius 3 is 2.00 bits per heavy atom. The fraction of sp³-hybridized carbons (Fsp3) is 0.238. The zero-order valence-electron chi connectivity index (χ0n) is 17.0. The van der Waals surface area contributed by atoms with Crippen LogP contribution in [0.25, 0.3) is 0 Å². The number of benzene rings is 2. The number of hydrogen-bond donors (Lipinski definition) is 1. The molecule has 2 aromatic carbocycles. The fourth-order valence-corrected chi connectivity index (χ4v) is 4.24. The molecule has 1 atom stereocenters. The van der Waals surface area contributed by atoms with Crippen molar-refractivity contribution in [3.05, 3.63) is 60.5 Å². The molecule has 7 nitrogen and oxygen atoms in total. The average Bonchev–Trinajstić information content (AvgIpc) is 3.00. The summed E-state index contributed by atoms with van der Waals surface area (Å²) in [5.74, 6) is -3.30. The summed E-state index contributed by atoms with van der Waals surface area (Å²) in [4.78, 5) is 50.9. The van der Waals surface area contributed by atoms with E-state index in [1.165, 1.54) is 6.92 Å². The first-order valence-electron chi connectivity index (χ1n) is 9.23. The molecule has 0 aliphatic carbocycles. The van der Waals surface area contributed by atoms with Crippen molar-refractivity contribution < 1.29 is 23.9 Å². The van der Waals surface area contributed by atoms with Gasteiger partial charge in [0.15, 0.2) is 6.61 Å². The van der Waals surface area contributed by atoms with E-state index in [0.29, 0.717) is 10.6 Å². The molecular weight excluding hydrogens is 502 g/mol. The molecule has 0 aromatic heterocycles. The van der Waals surface area contributed by atoms with Crippen LogP contribution in [0.4, 0.5) is 5.69 Å². The van der Waals surface area contributed by atoms with Crippen molar-refractivity contribution in [3.8, 4) is 0 Å². The Labute approximate surface area is 203 Å². The molecule has 2 aromatic rings. The monoisotopic (exact) mass is 516 g/mol. The predicted octanol–water partition coefficient (Wildman–Crippen LogP) is 5.08. The lowest BCUT2D eigenvalue weighted by molar-refractivity contribution is -0.150. The molecule has 1 N–H and O–H groups in total. The minimum Gasteiger partial charge on any atom is -0.454 e. The Morgan fingerprint density at radius 2 is 1.50 bits per heavy atom. The fourth-order valence-electron chi connectivity index (χ4n) is 3.22. The quantitative estimate of drug-likeness (QED) is 0.258. The number of esters is 1. The lowest BCUT2D eigenvalue weighted by Gasteiger charge is -2.21. The molecule has 0 spiro atoms. The van der Waals surface area contributed by atoms with E-state index in [0.717, 1.165) is 11.1 Å². The highest BCUT2D eigenvalue weighted by Gasteiger charge is 2.45. The standard InChI is InChI=1S/C21H16Cl4N2O5/c1-8-4-5-11(9(2)6-8)26-12(28)7-32-21(31)10(3)27-19(29)13-14(20(27)30)16(23)18(25)17(24)15(13)22/h4-6,10H,7H2,1-3H3,(H,26,28). The lowest BCUT2D eigenvalue weighted by atomic mass is 10.1. The molecule has 1 unspecified atom stereocenters. The highest BCUT2D eigenvalue weighted by molar-refractivity contribution is 6.55. The Kier molecular flexibility index (Phi) is 7.05. The molecule has 0 fully saturated rings. The van der Waals surface area contributed by atoms with Crippen LogP contribution in [0.15, 0.2) is 18.2 Å². The van der Waals surface area contributed by atoms with Crippen LogP contribution < -0.4 is 5.32 Å². The van der Waals surface area contributed by atoms with E-state index in [2.05, 4.69) is 5.32 Å². The van der Waals surface area contributed by atoms with Gasteiger partial charge in [-0.3, -0.25) is 19.3 Å². The second-order valence-corrected chi connectivity index (χ2v) is 8.65. The van der Waals surface area contributed by atoms with Crippen LogP contribution in [0.1, 0.15) is 38.8 Å². The van der Waals surface area contributed by atoms with Gasteiger partial charge in [-0.15, -0.1) is 0 Å². The number of nitrogens with zero attached hydrogens (tertiary/aromatic N) is 1. The van der Waals surface area contributed by atoms with Gasteiger partial charge in [0.2, 0.25) is 0 Å². The van der Waals surface area contributed by atoms with E-state index in [1.807, 2.05) is 26.0 Å². The summed E-state index contributed by atoms with van der Waals surface area (Å²) < 4.78 is 5.00. The van der Waals surface area contributed by atoms with E-state index >= 15 is 0 Å². The second kappa shape index (κ2) is 9.27. The molecule has 1 heterocycles. The van der Waals surface area contributed by atoms with E-state index < -0.39 is 36.3 Å². The average molecular weight is 518 g/mol. The minimum absolute atomic E-state index is 0.182. The highest BCUT2D eigenvalue weighted by atomic mass is 35.5. The van der Waals surface area contributed by atoms with Gasteiger partial charge in [-0.25, -0.2) is 4.79 Å². The number of carbonyl (C=O) groups is 4. The van der Waals surface area contributed by atoms with Crippen molar-refractivity contribution in [2.24, 2.45) is 0 Å². The number of carbonyl (C=O) groups excluding carboxylic acids is 4. The van der Waals surface area contributed by atoms with Crippen LogP contribution in [0.3, 0.4) is 0 Å². The summed E-state index contributed by atoms with van der Waals surface area (Å²) in [5.41, 5.74) is 1.95. The Morgan fingerprint density at radius 1 is 0.969 bits per heavy atom. The first-order valence-corrected chi connectivity index (χ1v) is 10.7. The SMILES string of the molecule is Cc1ccc(NC(=O)COC(=O)C(C)N2C(=O)c3c(Cl)c(Cl)c(Cl)c(Cl)c3C2=O)c(C)c1. The van der Waals surface area contributed by atoms with Gasteiger partial charge < -0.3 is 10.1 Å². The van der Waals surface area contributed by atoms with Crippen molar-refractivity contribution in [2.75, 3.05) is 11.9 Å². The number of nitrogens with one attached hydrogen (secondary N) is 1. The van der Waals surface area contributed by atoms with Gasteiger partial charge in [0.1, 0.15) is 6.04 Å². The number of aryl methyl sites for hydroxylation is 2. The van der Waals surface area contributed by atoms with Crippen molar-refractivity contribution in [2.45, 2.75) is 26.8 Å². The third-order valence-electron chi connectivity index (χ3n) is 4.86. The number of amides is 3. The van der Waals surface area contributed by atoms with Crippen molar-refractivity contribution >= 4 is 75.8 Å². The van der Waals surface area contributed by atoms with Crippen LogP contribution in [0, 0.1) is 13.8 Å². The molecule has 32 heavy (non-hydrogen) atoms. The number of imide groups is 1. The lowest BCUT2D eigenvalue weighted by Crippen LogP contribution is -2.44. The van der Waals surface area contributed by atoms with E-state index in [1.54, 1.807) is 6.07 Å². The molecule has 3 rings (SSSR count). The van der Waals surface area contributed by atoms with Crippen LogP contribution in [-0.4, -0.2) is 41.2 Å². The maximum Gasteiger partial charge on any atom is 0.329 e. The second-order valence-electron chi connectivity index (χ2n) is 7.14. The summed E-state index contributed by atoms with van der Waals surface area (Å²) in [5, 5.41) is 1.78. The van der Waals surface area contributed by atoms with Crippen molar-refractivity contribution in [3.63, 3.8) is 0 Å².